The number of pyridine rings is 1. The average molecular weight is 389 g/mol. The largest absolute Gasteiger partial charge is 0.351 e. The number of rotatable bonds is 7. The lowest BCUT2D eigenvalue weighted by molar-refractivity contribution is -0.384. The van der Waals surface area contributed by atoms with Crippen LogP contribution >= 0.6 is 0 Å². The minimum Gasteiger partial charge on any atom is -0.351 e. The van der Waals surface area contributed by atoms with E-state index in [2.05, 4.69) is 39.7 Å². The summed E-state index contributed by atoms with van der Waals surface area (Å²) in [6.07, 6.45) is 1.75. The number of aromatic nitrogens is 1. The molecule has 3 rings (SSSR count). The number of nitrogens with one attached hydrogen (secondary N) is 2. The maximum atomic E-state index is 10.8. The summed E-state index contributed by atoms with van der Waals surface area (Å²) >= 11 is 0. The molecular weight excluding hydrogens is 366 g/mol. The van der Waals surface area contributed by atoms with Gasteiger partial charge in [0.2, 0.25) is 0 Å². The van der Waals surface area contributed by atoms with Gasteiger partial charge >= 0.3 is 0 Å². The van der Waals surface area contributed by atoms with Crippen LogP contribution in [0.3, 0.4) is 0 Å². The zero-order valence-electron chi connectivity index (χ0n) is 16.2. The zero-order valence-corrected chi connectivity index (χ0v) is 16.2. The summed E-state index contributed by atoms with van der Waals surface area (Å²) in [6.45, 7) is 3.00. The lowest BCUT2D eigenvalue weighted by Crippen LogP contribution is -2.38. The number of nitro groups is 1. The third-order valence-electron chi connectivity index (χ3n) is 4.38. The molecule has 1 unspecified atom stereocenters. The molecule has 1 heterocycles. The third kappa shape index (κ3) is 6.14. The fourth-order valence-corrected chi connectivity index (χ4v) is 2.75. The van der Waals surface area contributed by atoms with E-state index in [4.69, 9.17) is 0 Å². The molecule has 0 amide bonds. The molecule has 0 saturated carbocycles. The van der Waals surface area contributed by atoms with Crippen molar-refractivity contribution < 1.29 is 4.92 Å². The Balaban J connectivity index is 1.71. The molecule has 29 heavy (non-hydrogen) atoms. The van der Waals surface area contributed by atoms with Gasteiger partial charge in [-0.3, -0.25) is 15.1 Å². The summed E-state index contributed by atoms with van der Waals surface area (Å²) in [5.74, 6) is 0.644. The van der Waals surface area contributed by atoms with Crippen LogP contribution in [0.25, 0.3) is 0 Å². The fraction of sp³-hybridized carbons (Fsp3) is 0.182. The van der Waals surface area contributed by atoms with E-state index < -0.39 is 4.92 Å². The summed E-state index contributed by atoms with van der Waals surface area (Å²) in [5.41, 5.74) is 3.02. The van der Waals surface area contributed by atoms with Crippen molar-refractivity contribution in [3.05, 3.63) is 106 Å². The lowest BCUT2D eigenvalue weighted by atomic mass is 10.1. The molecule has 0 aliphatic rings. The van der Waals surface area contributed by atoms with Crippen molar-refractivity contribution in [1.29, 1.82) is 0 Å². The van der Waals surface area contributed by atoms with Crippen molar-refractivity contribution >= 4 is 11.6 Å². The van der Waals surface area contributed by atoms with E-state index >= 15 is 0 Å². The average Bonchev–Trinajstić information content (AvgIpc) is 2.77. The standard InChI is InChI=1S/C22H23N5O2/c1-17(19-7-3-2-4-8-19)26-22(25-16-20-9-5-6-14-23-20)24-15-18-10-12-21(13-11-18)27(28)29/h2-14,17H,15-16H2,1H3,(H2,24,25,26). The normalized spacial score (nSPS) is 12.2. The van der Waals surface area contributed by atoms with Crippen molar-refractivity contribution in [2.45, 2.75) is 26.1 Å². The van der Waals surface area contributed by atoms with Gasteiger partial charge in [0.05, 0.1) is 29.7 Å². The molecule has 2 aromatic carbocycles. The van der Waals surface area contributed by atoms with Crippen molar-refractivity contribution in [2.75, 3.05) is 0 Å². The summed E-state index contributed by atoms with van der Waals surface area (Å²) < 4.78 is 0. The molecule has 7 heteroatoms. The van der Waals surface area contributed by atoms with Gasteiger partial charge in [0, 0.05) is 18.3 Å². The fourth-order valence-electron chi connectivity index (χ4n) is 2.75. The van der Waals surface area contributed by atoms with Gasteiger partial charge in [-0.25, -0.2) is 4.99 Å². The van der Waals surface area contributed by atoms with Crippen molar-refractivity contribution in [3.8, 4) is 0 Å². The van der Waals surface area contributed by atoms with E-state index in [1.165, 1.54) is 12.1 Å². The van der Waals surface area contributed by atoms with Gasteiger partial charge in [-0.05, 0) is 30.2 Å². The van der Waals surface area contributed by atoms with Crippen molar-refractivity contribution in [2.24, 2.45) is 4.99 Å². The second-order valence-corrected chi connectivity index (χ2v) is 6.54. The van der Waals surface area contributed by atoms with E-state index in [9.17, 15) is 10.1 Å². The molecule has 7 nitrogen and oxygen atoms in total. The number of nitrogens with zero attached hydrogens (tertiary/aromatic N) is 3. The van der Waals surface area contributed by atoms with Crippen LogP contribution in [0.2, 0.25) is 0 Å². The SMILES string of the molecule is CC(NC(=NCc1ccc([N+](=O)[O-])cc1)NCc1ccccn1)c1ccccc1. The molecule has 0 spiro atoms. The monoisotopic (exact) mass is 389 g/mol. The molecular formula is C22H23N5O2. The maximum Gasteiger partial charge on any atom is 0.269 e. The minimum atomic E-state index is -0.407. The van der Waals surface area contributed by atoms with E-state index in [-0.39, 0.29) is 11.7 Å². The number of hydrogen-bond donors (Lipinski definition) is 2. The van der Waals surface area contributed by atoms with Gasteiger partial charge in [0.1, 0.15) is 0 Å². The number of hydrogen-bond acceptors (Lipinski definition) is 4. The van der Waals surface area contributed by atoms with Crippen LogP contribution in [0.5, 0.6) is 0 Å². The Kier molecular flexibility index (Phi) is 6.89. The predicted octanol–water partition coefficient (Wildman–Crippen LogP) is 3.99. The second-order valence-electron chi connectivity index (χ2n) is 6.54. The highest BCUT2D eigenvalue weighted by Crippen LogP contribution is 2.13. The predicted molar refractivity (Wildman–Crippen MR) is 113 cm³/mol. The lowest BCUT2D eigenvalue weighted by Gasteiger charge is -2.18. The van der Waals surface area contributed by atoms with Gasteiger partial charge in [-0.1, -0.05) is 48.5 Å². The van der Waals surface area contributed by atoms with E-state index in [1.807, 2.05) is 36.4 Å². The van der Waals surface area contributed by atoms with Gasteiger partial charge in [-0.2, -0.15) is 0 Å². The zero-order chi connectivity index (χ0) is 20.5. The molecule has 1 atom stereocenters. The third-order valence-corrected chi connectivity index (χ3v) is 4.38. The second kappa shape index (κ2) is 9.98. The topological polar surface area (TPSA) is 92.5 Å². The first kappa shape index (κ1) is 20.0. The summed E-state index contributed by atoms with van der Waals surface area (Å²) in [7, 11) is 0. The van der Waals surface area contributed by atoms with Crippen LogP contribution < -0.4 is 10.6 Å². The Morgan fingerprint density at radius 3 is 2.45 bits per heavy atom. The van der Waals surface area contributed by atoms with Gasteiger partial charge < -0.3 is 10.6 Å². The number of nitro benzene ring substituents is 1. The van der Waals surface area contributed by atoms with E-state index in [1.54, 1.807) is 18.3 Å². The highest BCUT2D eigenvalue weighted by Gasteiger charge is 2.09. The first-order chi connectivity index (χ1) is 14.1. The highest BCUT2D eigenvalue weighted by atomic mass is 16.6. The highest BCUT2D eigenvalue weighted by molar-refractivity contribution is 5.80. The van der Waals surface area contributed by atoms with Crippen molar-refractivity contribution in [3.63, 3.8) is 0 Å². The molecule has 3 aromatic rings. The Morgan fingerprint density at radius 1 is 1.07 bits per heavy atom. The van der Waals surface area contributed by atoms with Crippen LogP contribution in [0.1, 0.15) is 29.8 Å². The van der Waals surface area contributed by atoms with Crippen molar-refractivity contribution in [1.82, 2.24) is 15.6 Å². The Morgan fingerprint density at radius 2 is 1.79 bits per heavy atom. The molecule has 0 bridgehead atoms. The van der Waals surface area contributed by atoms with Crippen LogP contribution in [-0.2, 0) is 13.1 Å². The molecule has 0 aliphatic carbocycles. The number of benzene rings is 2. The Labute approximate surface area is 169 Å². The molecule has 0 fully saturated rings. The van der Waals surface area contributed by atoms with Gasteiger partial charge in [-0.15, -0.1) is 0 Å². The number of non-ortho nitro benzene ring substituents is 1. The number of guanidine groups is 1. The molecule has 0 saturated heterocycles. The van der Waals surface area contributed by atoms with Crippen LogP contribution in [-0.4, -0.2) is 15.9 Å². The molecule has 0 radical (unpaired) electrons. The Bertz CT molecular complexity index is 944. The van der Waals surface area contributed by atoms with Crippen LogP contribution in [0.15, 0.2) is 84.0 Å². The first-order valence-electron chi connectivity index (χ1n) is 9.35. The summed E-state index contributed by atoms with van der Waals surface area (Å²) in [4.78, 5) is 19.4. The van der Waals surface area contributed by atoms with Gasteiger partial charge in [0.25, 0.3) is 5.69 Å². The molecule has 148 valence electrons. The van der Waals surface area contributed by atoms with E-state index in [0.717, 1.165) is 16.8 Å². The van der Waals surface area contributed by atoms with Gasteiger partial charge in [0.15, 0.2) is 5.96 Å². The quantitative estimate of drug-likeness (QED) is 0.276. The van der Waals surface area contributed by atoms with Crippen LogP contribution in [0, 0.1) is 10.1 Å². The maximum absolute atomic E-state index is 10.8. The summed E-state index contributed by atoms with van der Waals surface area (Å²) in [5, 5.41) is 17.5. The smallest absolute Gasteiger partial charge is 0.269 e. The van der Waals surface area contributed by atoms with Crippen LogP contribution in [0.4, 0.5) is 5.69 Å². The molecule has 1 aromatic heterocycles. The number of aliphatic imine (C=N–C) groups is 1. The molecule has 0 aliphatic heterocycles. The van der Waals surface area contributed by atoms with E-state index in [0.29, 0.717) is 19.0 Å². The summed E-state index contributed by atoms with van der Waals surface area (Å²) in [6, 6.07) is 22.4. The molecule has 2 N–H and O–H groups in total. The minimum absolute atomic E-state index is 0.0584. The first-order valence-corrected chi connectivity index (χ1v) is 9.35. The Hall–Kier alpha value is -3.74.